The average Bonchev–Trinajstić information content (AvgIpc) is 2.12. The maximum atomic E-state index is 10.4. The van der Waals surface area contributed by atoms with E-state index in [0.29, 0.717) is 13.1 Å². The highest BCUT2D eigenvalue weighted by Gasteiger charge is 2.09. The zero-order valence-electron chi connectivity index (χ0n) is 7.06. The number of hydrogen-bond acceptors (Lipinski definition) is 5. The summed E-state index contributed by atoms with van der Waals surface area (Å²) >= 11 is 0. The van der Waals surface area contributed by atoms with Crippen molar-refractivity contribution in [3.8, 4) is 0 Å². The topological polar surface area (TPSA) is 106 Å². The number of carbonyl (C=O) groups excluding carboxylic acids is 2. The molecule has 0 aromatic carbocycles. The predicted molar refractivity (Wildman–Crippen MR) is 48.0 cm³/mol. The Balaban J connectivity index is 0.000000310. The molecule has 0 aromatic rings. The van der Waals surface area contributed by atoms with Crippen LogP contribution in [0, 0.1) is 0 Å². The van der Waals surface area contributed by atoms with E-state index in [1.54, 1.807) is 0 Å². The standard InChI is InChI=1S/C6H4O3.C2H8N2/c7-4-1-2-5(8)6(9)3-4;3-1-2-4/h1-3,9H;1-4H2. The maximum Gasteiger partial charge on any atom is 0.220 e. The lowest BCUT2D eigenvalue weighted by Gasteiger charge is -1.95. The molecule has 0 aromatic heterocycles. The van der Waals surface area contributed by atoms with Crippen LogP contribution in [0.15, 0.2) is 24.0 Å². The van der Waals surface area contributed by atoms with Crippen molar-refractivity contribution >= 4 is 11.6 Å². The number of allylic oxidation sites excluding steroid dienone is 3. The third kappa shape index (κ3) is 4.89. The molecule has 5 N–H and O–H groups in total. The second-order valence-corrected chi connectivity index (χ2v) is 2.21. The van der Waals surface area contributed by atoms with E-state index in [9.17, 15) is 9.59 Å². The number of nitrogens with two attached hydrogens (primary N) is 2. The van der Waals surface area contributed by atoms with E-state index in [4.69, 9.17) is 16.6 Å². The molecule has 0 radical (unpaired) electrons. The Morgan fingerprint density at radius 1 is 1.15 bits per heavy atom. The molecule has 1 aliphatic rings. The summed E-state index contributed by atoms with van der Waals surface area (Å²) < 4.78 is 0. The van der Waals surface area contributed by atoms with Crippen molar-refractivity contribution in [2.45, 2.75) is 0 Å². The molecule has 5 nitrogen and oxygen atoms in total. The van der Waals surface area contributed by atoms with Crippen LogP contribution in [0.2, 0.25) is 0 Å². The Kier molecular flexibility index (Phi) is 5.42. The molecule has 0 fully saturated rings. The van der Waals surface area contributed by atoms with Crippen LogP contribution < -0.4 is 11.5 Å². The van der Waals surface area contributed by atoms with Gasteiger partial charge in [-0.1, -0.05) is 0 Å². The number of aliphatic hydroxyl groups excluding tert-OH is 1. The van der Waals surface area contributed by atoms with Gasteiger partial charge in [-0.05, 0) is 12.2 Å². The van der Waals surface area contributed by atoms with Crippen LogP contribution in [-0.4, -0.2) is 29.8 Å². The van der Waals surface area contributed by atoms with Gasteiger partial charge in [-0.3, -0.25) is 9.59 Å². The zero-order valence-corrected chi connectivity index (χ0v) is 7.06. The quantitative estimate of drug-likeness (QED) is 0.455. The van der Waals surface area contributed by atoms with Gasteiger partial charge in [-0.25, -0.2) is 0 Å². The van der Waals surface area contributed by atoms with Crippen LogP contribution in [0.1, 0.15) is 0 Å². The number of rotatable bonds is 1. The molecule has 0 heterocycles. The normalized spacial score (nSPS) is 14.8. The highest BCUT2D eigenvalue weighted by molar-refractivity contribution is 6.15. The van der Waals surface area contributed by atoms with Gasteiger partial charge in [0, 0.05) is 19.2 Å². The van der Waals surface area contributed by atoms with Gasteiger partial charge in [-0.2, -0.15) is 0 Å². The molecule has 0 atom stereocenters. The van der Waals surface area contributed by atoms with Gasteiger partial charge in [0.15, 0.2) is 11.5 Å². The summed E-state index contributed by atoms with van der Waals surface area (Å²) in [5.41, 5.74) is 9.81. The van der Waals surface area contributed by atoms with Crippen LogP contribution in [0.5, 0.6) is 0 Å². The van der Waals surface area contributed by atoms with Crippen LogP contribution in [0.3, 0.4) is 0 Å². The summed E-state index contributed by atoms with van der Waals surface area (Å²) in [6.45, 7) is 1.19. The van der Waals surface area contributed by atoms with Crippen molar-refractivity contribution in [2.24, 2.45) is 11.5 Å². The van der Waals surface area contributed by atoms with E-state index in [0.717, 1.165) is 18.2 Å². The fourth-order valence-corrected chi connectivity index (χ4v) is 0.497. The third-order valence-electron chi connectivity index (χ3n) is 1.10. The number of aliphatic hydroxyl groups is 1. The minimum atomic E-state index is -0.519. The summed E-state index contributed by atoms with van der Waals surface area (Å²) in [6, 6.07) is 0. The summed E-state index contributed by atoms with van der Waals surface area (Å²) in [4.78, 5) is 20.7. The monoisotopic (exact) mass is 184 g/mol. The van der Waals surface area contributed by atoms with Gasteiger partial charge in [0.1, 0.15) is 0 Å². The SMILES string of the molecule is NCCN.O=C1C=CC(=O)C(O)=C1. The molecule has 0 unspecified atom stereocenters. The Hall–Kier alpha value is -1.46. The minimum Gasteiger partial charge on any atom is -0.504 e. The van der Waals surface area contributed by atoms with E-state index in [1.807, 2.05) is 0 Å². The van der Waals surface area contributed by atoms with E-state index in [1.165, 1.54) is 0 Å². The first-order chi connectivity index (χ1) is 6.11. The van der Waals surface area contributed by atoms with Crippen LogP contribution in [0.25, 0.3) is 0 Å². The molecule has 5 heteroatoms. The van der Waals surface area contributed by atoms with Crippen molar-refractivity contribution in [2.75, 3.05) is 13.1 Å². The molecule has 0 amide bonds. The molecule has 72 valence electrons. The number of ketones is 2. The lowest BCUT2D eigenvalue weighted by Crippen LogP contribution is -2.11. The van der Waals surface area contributed by atoms with Crippen molar-refractivity contribution in [1.82, 2.24) is 0 Å². The lowest BCUT2D eigenvalue weighted by atomic mass is 10.1. The van der Waals surface area contributed by atoms with Gasteiger partial charge in [-0.15, -0.1) is 0 Å². The second kappa shape index (κ2) is 6.10. The van der Waals surface area contributed by atoms with Crippen molar-refractivity contribution in [3.63, 3.8) is 0 Å². The van der Waals surface area contributed by atoms with Crippen molar-refractivity contribution < 1.29 is 14.7 Å². The molecule has 0 bridgehead atoms. The lowest BCUT2D eigenvalue weighted by molar-refractivity contribution is -0.116. The van der Waals surface area contributed by atoms with Gasteiger partial charge < -0.3 is 16.6 Å². The molecule has 0 spiro atoms. The third-order valence-corrected chi connectivity index (χ3v) is 1.10. The largest absolute Gasteiger partial charge is 0.504 e. The summed E-state index contributed by atoms with van der Waals surface area (Å²) in [7, 11) is 0. The molecule has 0 saturated heterocycles. The van der Waals surface area contributed by atoms with E-state index < -0.39 is 11.5 Å². The van der Waals surface area contributed by atoms with Crippen LogP contribution in [-0.2, 0) is 9.59 Å². The Morgan fingerprint density at radius 2 is 1.69 bits per heavy atom. The molecule has 0 aliphatic heterocycles. The highest BCUT2D eigenvalue weighted by atomic mass is 16.3. The molecule has 13 heavy (non-hydrogen) atoms. The maximum absolute atomic E-state index is 10.4. The first kappa shape index (κ1) is 11.5. The van der Waals surface area contributed by atoms with E-state index >= 15 is 0 Å². The van der Waals surface area contributed by atoms with Gasteiger partial charge in [0.05, 0.1) is 0 Å². The molecular formula is C8H12N2O3. The molecule has 0 saturated carbocycles. The smallest absolute Gasteiger partial charge is 0.220 e. The summed E-state index contributed by atoms with van der Waals surface area (Å²) in [5.74, 6) is -1.36. The highest BCUT2D eigenvalue weighted by Crippen LogP contribution is 1.99. The molecular weight excluding hydrogens is 172 g/mol. The first-order valence-corrected chi connectivity index (χ1v) is 3.69. The number of hydrogen-bond donors (Lipinski definition) is 3. The van der Waals surface area contributed by atoms with Crippen LogP contribution >= 0.6 is 0 Å². The average molecular weight is 184 g/mol. The zero-order chi connectivity index (χ0) is 10.3. The fraction of sp³-hybridized carbons (Fsp3) is 0.250. The predicted octanol–water partition coefficient (Wildman–Crippen LogP) is -0.960. The Bertz CT molecular complexity index is 254. The number of carbonyl (C=O) groups is 2. The van der Waals surface area contributed by atoms with E-state index in [-0.39, 0.29) is 5.78 Å². The van der Waals surface area contributed by atoms with Crippen LogP contribution in [0.4, 0.5) is 0 Å². The first-order valence-electron chi connectivity index (χ1n) is 3.69. The van der Waals surface area contributed by atoms with Crippen molar-refractivity contribution in [3.05, 3.63) is 24.0 Å². The Labute approximate surface area is 75.7 Å². The minimum absolute atomic E-state index is 0.355. The van der Waals surface area contributed by atoms with Gasteiger partial charge in [0.2, 0.25) is 5.78 Å². The fourth-order valence-electron chi connectivity index (χ4n) is 0.497. The van der Waals surface area contributed by atoms with Gasteiger partial charge in [0.25, 0.3) is 0 Å². The summed E-state index contributed by atoms with van der Waals surface area (Å²) in [6.07, 6.45) is 3.04. The molecule has 1 aliphatic carbocycles. The second-order valence-electron chi connectivity index (χ2n) is 2.21. The van der Waals surface area contributed by atoms with Crippen molar-refractivity contribution in [1.29, 1.82) is 0 Å². The van der Waals surface area contributed by atoms with Gasteiger partial charge >= 0.3 is 0 Å². The van der Waals surface area contributed by atoms with E-state index in [2.05, 4.69) is 0 Å². The molecule has 1 rings (SSSR count). The summed E-state index contributed by atoms with van der Waals surface area (Å²) in [5, 5.41) is 8.59. The Morgan fingerprint density at radius 3 is 2.00 bits per heavy atom.